The molecule has 21 heavy (non-hydrogen) atoms. The first-order chi connectivity index (χ1) is 10.2. The van der Waals surface area contributed by atoms with Crippen molar-refractivity contribution in [2.75, 3.05) is 40.0 Å². The molecule has 2 aromatic heterocycles. The lowest BCUT2D eigenvalue weighted by Gasteiger charge is -2.29. The second kappa shape index (κ2) is 6.08. The lowest BCUT2D eigenvalue weighted by molar-refractivity contribution is 0.0327. The van der Waals surface area contributed by atoms with Crippen molar-refractivity contribution < 1.29 is 9.47 Å². The molecule has 0 radical (unpaired) electrons. The van der Waals surface area contributed by atoms with Crippen LogP contribution in [0.1, 0.15) is 13.0 Å². The van der Waals surface area contributed by atoms with E-state index in [2.05, 4.69) is 26.8 Å². The lowest BCUT2D eigenvalue weighted by atomic mass is 10.3. The van der Waals surface area contributed by atoms with Crippen molar-refractivity contribution in [2.24, 2.45) is 0 Å². The van der Waals surface area contributed by atoms with Crippen molar-refractivity contribution in [1.29, 1.82) is 0 Å². The largest absolute Gasteiger partial charge is 0.479 e. The highest BCUT2D eigenvalue weighted by Gasteiger charge is 2.19. The molecule has 1 unspecified atom stereocenters. The maximum Gasteiger partial charge on any atom is 0.242 e. The fraction of sp³-hybridized carbons (Fsp3) is 0.615. The molecule has 0 aliphatic carbocycles. The van der Waals surface area contributed by atoms with E-state index in [1.807, 2.05) is 4.57 Å². The lowest BCUT2D eigenvalue weighted by Crippen LogP contribution is -2.39. The second-order valence-corrected chi connectivity index (χ2v) is 5.53. The molecule has 1 aliphatic heterocycles. The van der Waals surface area contributed by atoms with Crippen LogP contribution in [0.15, 0.2) is 6.33 Å². The zero-order valence-electron chi connectivity index (χ0n) is 12.2. The summed E-state index contributed by atoms with van der Waals surface area (Å²) in [5.74, 6) is 0.517. The molecule has 0 spiro atoms. The van der Waals surface area contributed by atoms with Crippen LogP contribution in [0, 0.1) is 4.77 Å². The number of nitrogens with one attached hydrogen (secondary N) is 1. The molecule has 1 fully saturated rings. The number of H-pyrrole nitrogens is 1. The van der Waals surface area contributed by atoms with Gasteiger partial charge in [0.2, 0.25) is 5.88 Å². The monoisotopic (exact) mass is 309 g/mol. The Kier molecular flexibility index (Phi) is 4.18. The van der Waals surface area contributed by atoms with Crippen LogP contribution < -0.4 is 4.74 Å². The third-order valence-electron chi connectivity index (χ3n) is 3.73. The summed E-state index contributed by atoms with van der Waals surface area (Å²) in [7, 11) is 1.59. The number of fused-ring (bicyclic) bond motifs is 1. The molecule has 2 aromatic rings. The van der Waals surface area contributed by atoms with E-state index in [1.54, 1.807) is 7.11 Å². The molecule has 7 nitrogen and oxygen atoms in total. The number of aromatic nitrogens is 4. The van der Waals surface area contributed by atoms with Gasteiger partial charge in [-0.1, -0.05) is 0 Å². The molecule has 0 saturated carbocycles. The smallest absolute Gasteiger partial charge is 0.242 e. The van der Waals surface area contributed by atoms with Gasteiger partial charge >= 0.3 is 0 Å². The predicted octanol–water partition coefficient (Wildman–Crippen LogP) is 1.39. The fourth-order valence-electron chi connectivity index (χ4n) is 2.72. The third kappa shape index (κ3) is 2.78. The Morgan fingerprint density at radius 1 is 1.43 bits per heavy atom. The minimum Gasteiger partial charge on any atom is -0.479 e. The van der Waals surface area contributed by atoms with Crippen LogP contribution in [0.3, 0.4) is 0 Å². The minimum atomic E-state index is 0.212. The summed E-state index contributed by atoms with van der Waals surface area (Å²) < 4.78 is 13.3. The van der Waals surface area contributed by atoms with Gasteiger partial charge in [0.1, 0.15) is 11.8 Å². The zero-order valence-corrected chi connectivity index (χ0v) is 13.0. The maximum absolute atomic E-state index is 5.45. The average Bonchev–Trinajstić information content (AvgIpc) is 2.84. The molecule has 1 atom stereocenters. The van der Waals surface area contributed by atoms with Crippen molar-refractivity contribution in [1.82, 2.24) is 24.4 Å². The number of hydrogen-bond donors (Lipinski definition) is 1. The molecule has 1 saturated heterocycles. The van der Waals surface area contributed by atoms with Gasteiger partial charge < -0.3 is 14.5 Å². The number of morpholine rings is 1. The van der Waals surface area contributed by atoms with Crippen molar-refractivity contribution in [2.45, 2.75) is 13.0 Å². The summed E-state index contributed by atoms with van der Waals surface area (Å²) in [6.07, 6.45) is 1.50. The van der Waals surface area contributed by atoms with Gasteiger partial charge in [-0.2, -0.15) is 4.98 Å². The quantitative estimate of drug-likeness (QED) is 0.861. The molecule has 3 heterocycles. The first-order valence-corrected chi connectivity index (χ1v) is 7.41. The number of hydrogen-bond acceptors (Lipinski definition) is 6. The molecule has 114 valence electrons. The van der Waals surface area contributed by atoms with E-state index in [9.17, 15) is 0 Å². The van der Waals surface area contributed by atoms with Crippen molar-refractivity contribution >= 4 is 23.4 Å². The summed E-state index contributed by atoms with van der Waals surface area (Å²) in [4.78, 5) is 14.0. The first kappa shape index (κ1) is 14.4. The first-order valence-electron chi connectivity index (χ1n) is 7.00. The number of ether oxygens (including phenoxy) is 2. The standard InChI is InChI=1S/C13H19N5O2S/c1-9(7-17-3-5-20-6-4-17)18-11-10(16-13(18)21)12(19-2)15-8-14-11/h8-9H,3-7H2,1-2H3,(H,16,21). The third-order valence-corrected chi connectivity index (χ3v) is 4.03. The van der Waals surface area contributed by atoms with Crippen LogP contribution in [0.2, 0.25) is 0 Å². The van der Waals surface area contributed by atoms with E-state index in [-0.39, 0.29) is 6.04 Å². The maximum atomic E-state index is 5.45. The summed E-state index contributed by atoms with van der Waals surface area (Å²) in [5, 5.41) is 0. The summed E-state index contributed by atoms with van der Waals surface area (Å²) in [5.41, 5.74) is 1.53. The molecule has 0 aromatic carbocycles. The van der Waals surface area contributed by atoms with Gasteiger partial charge in [0.25, 0.3) is 0 Å². The van der Waals surface area contributed by atoms with E-state index in [1.165, 1.54) is 6.33 Å². The predicted molar refractivity (Wildman–Crippen MR) is 81.2 cm³/mol. The molecule has 8 heteroatoms. The van der Waals surface area contributed by atoms with E-state index in [4.69, 9.17) is 21.7 Å². The van der Waals surface area contributed by atoms with Crippen LogP contribution in [-0.4, -0.2) is 64.4 Å². The Balaban J connectivity index is 1.92. The topological polar surface area (TPSA) is 68.2 Å². The Bertz CT molecular complexity index is 677. The normalized spacial score (nSPS) is 18.0. The Hall–Kier alpha value is -1.51. The Morgan fingerprint density at radius 3 is 2.90 bits per heavy atom. The molecule has 0 bridgehead atoms. The molecule has 0 amide bonds. The summed E-state index contributed by atoms with van der Waals surface area (Å²) in [6.45, 7) is 6.56. The van der Waals surface area contributed by atoms with Gasteiger partial charge in [-0.3, -0.25) is 9.47 Å². The highest BCUT2D eigenvalue weighted by Crippen LogP contribution is 2.23. The van der Waals surface area contributed by atoms with Crippen LogP contribution in [-0.2, 0) is 4.74 Å². The molecule has 1 aliphatic rings. The second-order valence-electron chi connectivity index (χ2n) is 5.14. The fourth-order valence-corrected chi connectivity index (χ4v) is 3.09. The van der Waals surface area contributed by atoms with Gasteiger partial charge in [-0.15, -0.1) is 0 Å². The number of imidazole rings is 1. The van der Waals surface area contributed by atoms with E-state index < -0.39 is 0 Å². The SMILES string of the molecule is COc1ncnc2c1[nH]c(=S)n2C(C)CN1CCOCC1. The van der Waals surface area contributed by atoms with Crippen molar-refractivity contribution in [3.05, 3.63) is 11.1 Å². The van der Waals surface area contributed by atoms with E-state index in [0.29, 0.717) is 10.7 Å². The van der Waals surface area contributed by atoms with Gasteiger partial charge in [-0.25, -0.2) is 4.98 Å². The zero-order chi connectivity index (χ0) is 14.8. The Morgan fingerprint density at radius 2 is 2.19 bits per heavy atom. The van der Waals surface area contributed by atoms with Gasteiger partial charge in [0.15, 0.2) is 10.4 Å². The molecular formula is C13H19N5O2S. The van der Waals surface area contributed by atoms with Crippen LogP contribution in [0.5, 0.6) is 5.88 Å². The highest BCUT2D eigenvalue weighted by molar-refractivity contribution is 7.71. The average molecular weight is 309 g/mol. The van der Waals surface area contributed by atoms with Crippen molar-refractivity contribution in [3.63, 3.8) is 0 Å². The number of nitrogens with zero attached hydrogens (tertiary/aromatic N) is 4. The van der Waals surface area contributed by atoms with Crippen LogP contribution in [0.4, 0.5) is 0 Å². The highest BCUT2D eigenvalue weighted by atomic mass is 32.1. The summed E-state index contributed by atoms with van der Waals surface area (Å²) in [6, 6.07) is 0.212. The molecule has 3 rings (SSSR count). The van der Waals surface area contributed by atoms with E-state index >= 15 is 0 Å². The van der Waals surface area contributed by atoms with Gasteiger partial charge in [0.05, 0.1) is 20.3 Å². The summed E-state index contributed by atoms with van der Waals surface area (Å²) >= 11 is 5.45. The van der Waals surface area contributed by atoms with Crippen LogP contribution in [0.25, 0.3) is 11.2 Å². The molecular weight excluding hydrogens is 290 g/mol. The van der Waals surface area contributed by atoms with E-state index in [0.717, 1.165) is 44.0 Å². The van der Waals surface area contributed by atoms with Gasteiger partial charge in [0, 0.05) is 25.7 Å². The van der Waals surface area contributed by atoms with Crippen molar-refractivity contribution in [3.8, 4) is 5.88 Å². The van der Waals surface area contributed by atoms with Crippen LogP contribution >= 0.6 is 12.2 Å². The number of rotatable bonds is 4. The minimum absolute atomic E-state index is 0.212. The number of aromatic amines is 1. The number of methoxy groups -OCH3 is 1. The molecule has 1 N–H and O–H groups in total. The Labute approximate surface area is 127 Å². The van der Waals surface area contributed by atoms with Gasteiger partial charge in [-0.05, 0) is 19.1 Å².